The van der Waals surface area contributed by atoms with Gasteiger partial charge in [-0.3, -0.25) is 9.78 Å². The summed E-state index contributed by atoms with van der Waals surface area (Å²) in [6, 6.07) is 12.6. The summed E-state index contributed by atoms with van der Waals surface area (Å²) in [6.07, 6.45) is 7.04. The van der Waals surface area contributed by atoms with Crippen LogP contribution in [-0.4, -0.2) is 32.2 Å². The van der Waals surface area contributed by atoms with Crippen molar-refractivity contribution in [2.75, 3.05) is 12.9 Å². The molecule has 36 heavy (non-hydrogen) atoms. The van der Waals surface area contributed by atoms with Gasteiger partial charge in [-0.25, -0.2) is 12.8 Å². The Morgan fingerprint density at radius 3 is 2.44 bits per heavy atom. The van der Waals surface area contributed by atoms with Crippen molar-refractivity contribution >= 4 is 15.8 Å². The minimum atomic E-state index is -3.65. The molecule has 0 fully saturated rings. The monoisotopic (exact) mass is 513 g/mol. The summed E-state index contributed by atoms with van der Waals surface area (Å²) < 4.78 is 50.9. The van der Waals surface area contributed by atoms with Crippen molar-refractivity contribution in [1.82, 2.24) is 4.98 Å². The topological polar surface area (TPSA) is 82.6 Å². The molecule has 6 nitrogen and oxygen atoms in total. The second kappa shape index (κ2) is 12.6. The van der Waals surface area contributed by atoms with Crippen LogP contribution in [0.4, 0.5) is 4.39 Å². The number of carbonyl (C=O) groups excluding carboxylic acids is 1. The van der Waals surface area contributed by atoms with Crippen LogP contribution in [0.5, 0.6) is 11.5 Å². The van der Waals surface area contributed by atoms with E-state index in [4.69, 9.17) is 9.47 Å². The van der Waals surface area contributed by atoms with Crippen molar-refractivity contribution in [1.29, 1.82) is 0 Å². The van der Waals surface area contributed by atoms with Gasteiger partial charge in [0.15, 0.2) is 9.84 Å². The number of esters is 1. The second-order valence-corrected chi connectivity index (χ2v) is 10.7. The van der Waals surface area contributed by atoms with Crippen LogP contribution in [0.25, 0.3) is 11.1 Å². The largest absolute Gasteiger partial charge is 0.494 e. The van der Waals surface area contributed by atoms with Crippen molar-refractivity contribution in [2.45, 2.75) is 56.8 Å². The first-order valence-electron chi connectivity index (χ1n) is 12.1. The van der Waals surface area contributed by atoms with E-state index in [2.05, 4.69) is 4.98 Å². The van der Waals surface area contributed by atoms with E-state index < -0.39 is 15.8 Å². The Hall–Kier alpha value is -3.26. The van der Waals surface area contributed by atoms with Gasteiger partial charge in [0.25, 0.3) is 0 Å². The van der Waals surface area contributed by atoms with Crippen molar-refractivity contribution in [3.63, 3.8) is 0 Å². The van der Waals surface area contributed by atoms with E-state index >= 15 is 0 Å². The molecule has 0 N–H and O–H groups in total. The van der Waals surface area contributed by atoms with Crippen molar-refractivity contribution < 1.29 is 27.1 Å². The predicted octanol–water partition coefficient (Wildman–Crippen LogP) is 6.35. The lowest BCUT2D eigenvalue weighted by molar-refractivity contribution is -0.134. The standard InChI is InChI=1S/C28H32FNO5S/c1-4-6-16-34-24-17-25(21-9-12-22(29)13-10-21)28(26(18-24)36(3,32)33)20(5-2)11-14-27(31)35-23-8-7-15-30-19-23/h7-10,12-13,15,17-20H,4-6,11,14,16H2,1-3H3. The molecule has 0 amide bonds. The lowest BCUT2D eigenvalue weighted by Gasteiger charge is -2.24. The molecule has 3 rings (SSSR count). The van der Waals surface area contributed by atoms with Crippen LogP contribution in [0.1, 0.15) is 57.4 Å². The highest BCUT2D eigenvalue weighted by Gasteiger charge is 2.26. The van der Waals surface area contributed by atoms with E-state index in [9.17, 15) is 17.6 Å². The normalized spacial score (nSPS) is 12.2. The lowest BCUT2D eigenvalue weighted by Crippen LogP contribution is -2.14. The van der Waals surface area contributed by atoms with Gasteiger partial charge in [-0.05, 0) is 78.3 Å². The maximum atomic E-state index is 13.7. The summed E-state index contributed by atoms with van der Waals surface area (Å²) in [4.78, 5) is 16.6. The summed E-state index contributed by atoms with van der Waals surface area (Å²) in [6.45, 7) is 4.45. The highest BCUT2D eigenvalue weighted by Crippen LogP contribution is 2.41. The number of ether oxygens (including phenoxy) is 2. The molecule has 8 heteroatoms. The summed E-state index contributed by atoms with van der Waals surface area (Å²) in [5.74, 6) is -0.277. The van der Waals surface area contributed by atoms with Crippen molar-refractivity contribution in [3.05, 3.63) is 72.3 Å². The molecular weight excluding hydrogens is 481 g/mol. The van der Waals surface area contributed by atoms with Crippen LogP contribution < -0.4 is 9.47 Å². The molecule has 1 heterocycles. The Balaban J connectivity index is 2.02. The SMILES string of the molecule is CCCCOc1cc(-c2ccc(F)cc2)c(C(CC)CCC(=O)Oc2cccnc2)c(S(C)(=O)=O)c1. The zero-order chi connectivity index (χ0) is 26.1. The molecule has 0 aliphatic carbocycles. The molecule has 0 radical (unpaired) electrons. The summed E-state index contributed by atoms with van der Waals surface area (Å²) in [7, 11) is -3.65. The zero-order valence-electron chi connectivity index (χ0n) is 20.9. The number of hydrogen-bond acceptors (Lipinski definition) is 6. The second-order valence-electron chi connectivity index (χ2n) is 8.67. The molecule has 0 spiro atoms. The van der Waals surface area contributed by atoms with Gasteiger partial charge in [-0.2, -0.15) is 0 Å². The third-order valence-electron chi connectivity index (χ3n) is 5.90. The Kier molecular flexibility index (Phi) is 9.58. The first kappa shape index (κ1) is 27.3. The number of sulfone groups is 1. The predicted molar refractivity (Wildman–Crippen MR) is 137 cm³/mol. The van der Waals surface area contributed by atoms with Gasteiger partial charge in [0, 0.05) is 18.9 Å². The maximum absolute atomic E-state index is 13.7. The van der Waals surface area contributed by atoms with E-state index in [0.29, 0.717) is 47.6 Å². The minimum absolute atomic E-state index is 0.0915. The fourth-order valence-corrected chi connectivity index (χ4v) is 5.06. The molecule has 1 atom stereocenters. The van der Waals surface area contributed by atoms with Crippen LogP contribution >= 0.6 is 0 Å². The van der Waals surface area contributed by atoms with E-state index in [-0.39, 0.29) is 23.1 Å². The Morgan fingerprint density at radius 2 is 1.83 bits per heavy atom. The average Bonchev–Trinajstić information content (AvgIpc) is 2.85. The van der Waals surface area contributed by atoms with Crippen LogP contribution in [0.3, 0.4) is 0 Å². The van der Waals surface area contributed by atoms with Crippen LogP contribution in [0.2, 0.25) is 0 Å². The Labute approximate surface area is 212 Å². The first-order valence-corrected chi connectivity index (χ1v) is 14.0. The van der Waals surface area contributed by atoms with Crippen LogP contribution in [-0.2, 0) is 14.6 Å². The van der Waals surface area contributed by atoms with Crippen LogP contribution in [0, 0.1) is 5.82 Å². The van der Waals surface area contributed by atoms with Crippen molar-refractivity contribution in [2.24, 2.45) is 0 Å². The van der Waals surface area contributed by atoms with E-state index in [1.165, 1.54) is 24.6 Å². The molecule has 0 bridgehead atoms. The molecule has 3 aromatic rings. The minimum Gasteiger partial charge on any atom is -0.494 e. The molecule has 2 aromatic carbocycles. The highest BCUT2D eigenvalue weighted by molar-refractivity contribution is 7.90. The van der Waals surface area contributed by atoms with Gasteiger partial charge in [-0.1, -0.05) is 32.4 Å². The summed E-state index contributed by atoms with van der Waals surface area (Å²) in [5.41, 5.74) is 1.93. The van der Waals surface area contributed by atoms with E-state index in [1.807, 2.05) is 19.9 Å². The third-order valence-corrected chi connectivity index (χ3v) is 7.04. The molecule has 0 saturated carbocycles. The number of carbonyl (C=O) groups is 1. The molecule has 0 saturated heterocycles. The van der Waals surface area contributed by atoms with E-state index in [0.717, 1.165) is 12.8 Å². The maximum Gasteiger partial charge on any atom is 0.311 e. The molecule has 192 valence electrons. The summed E-state index contributed by atoms with van der Waals surface area (Å²) in [5, 5.41) is 0. The average molecular weight is 514 g/mol. The highest BCUT2D eigenvalue weighted by atomic mass is 32.2. The van der Waals surface area contributed by atoms with Crippen molar-refractivity contribution in [3.8, 4) is 22.6 Å². The number of halogens is 1. The fourth-order valence-electron chi connectivity index (χ4n) is 4.05. The Bertz CT molecular complexity index is 1260. The van der Waals surface area contributed by atoms with Gasteiger partial charge < -0.3 is 9.47 Å². The molecular formula is C28H32FNO5S. The lowest BCUT2D eigenvalue weighted by atomic mass is 9.85. The third kappa shape index (κ3) is 7.37. The fraction of sp³-hybridized carbons (Fsp3) is 0.357. The molecule has 1 unspecified atom stereocenters. The first-order chi connectivity index (χ1) is 17.2. The van der Waals surface area contributed by atoms with Gasteiger partial charge in [0.05, 0.1) is 17.7 Å². The number of rotatable bonds is 12. The number of hydrogen-bond donors (Lipinski definition) is 0. The number of benzene rings is 2. The van der Waals surface area contributed by atoms with Gasteiger partial charge in [-0.15, -0.1) is 0 Å². The van der Waals surface area contributed by atoms with Crippen LogP contribution in [0.15, 0.2) is 65.8 Å². The summed E-state index contributed by atoms with van der Waals surface area (Å²) >= 11 is 0. The van der Waals surface area contributed by atoms with Gasteiger partial charge in [0.2, 0.25) is 0 Å². The molecule has 0 aliphatic rings. The number of unbranched alkanes of at least 4 members (excludes halogenated alkanes) is 1. The van der Waals surface area contributed by atoms with Gasteiger partial charge in [0.1, 0.15) is 17.3 Å². The zero-order valence-corrected chi connectivity index (χ0v) is 21.7. The smallest absolute Gasteiger partial charge is 0.311 e. The Morgan fingerprint density at radius 1 is 1.08 bits per heavy atom. The number of aromatic nitrogens is 1. The number of pyridine rings is 1. The molecule has 0 aliphatic heterocycles. The number of nitrogens with zero attached hydrogens (tertiary/aromatic N) is 1. The van der Waals surface area contributed by atoms with E-state index in [1.54, 1.807) is 36.5 Å². The molecule has 1 aromatic heterocycles. The quantitative estimate of drug-likeness (QED) is 0.207. The van der Waals surface area contributed by atoms with Gasteiger partial charge >= 0.3 is 5.97 Å².